The van der Waals surface area contributed by atoms with E-state index in [0.29, 0.717) is 0 Å². The van der Waals surface area contributed by atoms with E-state index in [-0.39, 0.29) is 0 Å². The van der Waals surface area contributed by atoms with E-state index in [9.17, 15) is 0 Å². The quantitative estimate of drug-likeness (QED) is 0.629. The second-order valence-corrected chi connectivity index (χ2v) is 5.23. The molecule has 2 N–H and O–H groups in total. The van der Waals surface area contributed by atoms with Crippen LogP contribution in [0.4, 0.5) is 5.69 Å². The molecule has 2 aromatic rings. The minimum absolute atomic E-state index is 0.848. The molecular weight excluding hydrogens is 266 g/mol. The number of thiophene rings is 1. The Balaban J connectivity index is 2.87. The fourth-order valence-electron chi connectivity index (χ4n) is 1.27. The van der Waals surface area contributed by atoms with Gasteiger partial charge in [0.1, 0.15) is 0 Å². The van der Waals surface area contributed by atoms with Gasteiger partial charge in [-0.15, -0.1) is 23.1 Å². The third kappa shape index (κ3) is 1.47. The summed E-state index contributed by atoms with van der Waals surface area (Å²) in [5.74, 6) is 0. The van der Waals surface area contributed by atoms with Crippen molar-refractivity contribution in [3.63, 3.8) is 0 Å². The van der Waals surface area contributed by atoms with E-state index < -0.39 is 0 Å². The van der Waals surface area contributed by atoms with Gasteiger partial charge < -0.3 is 5.73 Å². The van der Waals surface area contributed by atoms with E-state index in [2.05, 4.69) is 33.6 Å². The maximum Gasteiger partial charge on any atom is 0.0510 e. The van der Waals surface area contributed by atoms with Gasteiger partial charge in [0.15, 0.2) is 0 Å². The maximum atomic E-state index is 5.89. The molecule has 0 bridgehead atoms. The molecule has 4 heteroatoms. The molecule has 2 rings (SSSR count). The number of nitrogens with two attached hydrogens (primary N) is 1. The molecule has 1 nitrogen and oxygen atoms in total. The van der Waals surface area contributed by atoms with Gasteiger partial charge in [-0.1, -0.05) is 0 Å². The van der Waals surface area contributed by atoms with Gasteiger partial charge in [-0.3, -0.25) is 0 Å². The third-order valence-corrected chi connectivity index (χ3v) is 4.74. The summed E-state index contributed by atoms with van der Waals surface area (Å²) in [6, 6.07) is 4.04. The summed E-state index contributed by atoms with van der Waals surface area (Å²) < 4.78 is 2.38. The van der Waals surface area contributed by atoms with E-state index in [0.717, 1.165) is 15.5 Å². The van der Waals surface area contributed by atoms with Crippen LogP contribution in [0.25, 0.3) is 10.1 Å². The Kier molecular flexibility index (Phi) is 2.53. The lowest BCUT2D eigenvalue weighted by Gasteiger charge is -2.01. The monoisotopic (exact) mass is 273 g/mol. The molecule has 0 radical (unpaired) electrons. The highest BCUT2D eigenvalue weighted by Crippen LogP contribution is 2.39. The molecule has 0 aliphatic heterocycles. The zero-order valence-corrected chi connectivity index (χ0v) is 10.2. The Morgan fingerprint density at radius 1 is 1.46 bits per heavy atom. The largest absolute Gasteiger partial charge is 0.398 e. The number of halogens is 1. The molecule has 0 amide bonds. The van der Waals surface area contributed by atoms with E-state index >= 15 is 0 Å². The van der Waals surface area contributed by atoms with Crippen molar-refractivity contribution in [3.8, 4) is 0 Å². The number of hydrogen-bond acceptors (Lipinski definition) is 3. The van der Waals surface area contributed by atoms with E-state index in [4.69, 9.17) is 5.73 Å². The van der Waals surface area contributed by atoms with Crippen molar-refractivity contribution in [2.45, 2.75) is 4.90 Å². The number of benzene rings is 1. The molecule has 0 saturated heterocycles. The number of anilines is 1. The minimum Gasteiger partial charge on any atom is -0.398 e. The maximum absolute atomic E-state index is 5.89. The van der Waals surface area contributed by atoms with Crippen LogP contribution in [0.15, 0.2) is 26.9 Å². The number of hydrogen-bond donors (Lipinski definition) is 1. The van der Waals surface area contributed by atoms with Crippen LogP contribution in [0.3, 0.4) is 0 Å². The van der Waals surface area contributed by atoms with Crippen LogP contribution in [-0.2, 0) is 0 Å². The van der Waals surface area contributed by atoms with Gasteiger partial charge in [-0.25, -0.2) is 0 Å². The predicted octanol–water partition coefficient (Wildman–Crippen LogP) is 3.97. The van der Waals surface area contributed by atoms with Crippen molar-refractivity contribution in [3.05, 3.63) is 22.0 Å². The number of nitrogen functional groups attached to an aromatic ring is 1. The average Bonchev–Trinajstić information content (AvgIpc) is 2.50. The summed E-state index contributed by atoms with van der Waals surface area (Å²) >= 11 is 6.99. The summed E-state index contributed by atoms with van der Waals surface area (Å²) in [6.45, 7) is 0. The Hall–Kier alpha value is -0.190. The lowest BCUT2D eigenvalue weighted by atomic mass is 10.2. The fourth-order valence-corrected chi connectivity index (χ4v) is 3.87. The van der Waals surface area contributed by atoms with Crippen LogP contribution in [0.2, 0.25) is 0 Å². The zero-order chi connectivity index (χ0) is 9.42. The summed E-state index contributed by atoms with van der Waals surface area (Å²) in [7, 11) is 0. The average molecular weight is 274 g/mol. The van der Waals surface area contributed by atoms with Crippen molar-refractivity contribution >= 4 is 54.8 Å². The van der Waals surface area contributed by atoms with Crippen molar-refractivity contribution in [2.24, 2.45) is 0 Å². The van der Waals surface area contributed by atoms with Crippen LogP contribution >= 0.6 is 39.0 Å². The summed E-state index contributed by atoms with van der Waals surface area (Å²) in [5.41, 5.74) is 6.74. The Labute approximate surface area is 93.4 Å². The highest BCUT2D eigenvalue weighted by atomic mass is 79.9. The van der Waals surface area contributed by atoms with E-state index in [1.165, 1.54) is 9.60 Å². The predicted molar refractivity (Wildman–Crippen MR) is 65.7 cm³/mol. The smallest absolute Gasteiger partial charge is 0.0510 e. The van der Waals surface area contributed by atoms with E-state index in [1.54, 1.807) is 23.1 Å². The highest BCUT2D eigenvalue weighted by Gasteiger charge is 2.08. The molecule has 0 atom stereocenters. The third-order valence-electron chi connectivity index (χ3n) is 1.89. The summed E-state index contributed by atoms with van der Waals surface area (Å²) in [5, 5.41) is 3.23. The number of fused-ring (bicyclic) bond motifs is 1. The van der Waals surface area contributed by atoms with E-state index in [1.807, 2.05) is 6.07 Å². The molecule has 68 valence electrons. The number of thioether (sulfide) groups is 1. The Morgan fingerprint density at radius 2 is 2.23 bits per heavy atom. The lowest BCUT2D eigenvalue weighted by Crippen LogP contribution is -1.85. The van der Waals surface area contributed by atoms with Crippen LogP contribution in [-0.4, -0.2) is 6.26 Å². The Bertz CT molecular complexity index is 450. The summed E-state index contributed by atoms with van der Waals surface area (Å²) in [4.78, 5) is 1.29. The first-order chi connectivity index (χ1) is 6.24. The first-order valence-corrected chi connectivity index (χ1v) is 6.63. The first kappa shape index (κ1) is 9.37. The Morgan fingerprint density at radius 3 is 2.92 bits per heavy atom. The van der Waals surface area contributed by atoms with Gasteiger partial charge >= 0.3 is 0 Å². The molecule has 13 heavy (non-hydrogen) atoms. The van der Waals surface area contributed by atoms with Gasteiger partial charge in [-0.05, 0) is 34.3 Å². The minimum atomic E-state index is 0.848. The van der Waals surface area contributed by atoms with Gasteiger partial charge in [0.25, 0.3) is 0 Å². The molecule has 0 saturated carbocycles. The molecule has 0 unspecified atom stereocenters. The van der Waals surface area contributed by atoms with Crippen LogP contribution < -0.4 is 5.73 Å². The molecule has 0 aliphatic rings. The molecular formula is C9H8BrNS2. The van der Waals surface area contributed by atoms with Crippen molar-refractivity contribution < 1.29 is 0 Å². The fraction of sp³-hybridized carbons (Fsp3) is 0.111. The molecule has 0 spiro atoms. The number of rotatable bonds is 1. The molecule has 1 heterocycles. The van der Waals surface area contributed by atoms with Crippen LogP contribution in [0.1, 0.15) is 0 Å². The second kappa shape index (κ2) is 3.52. The second-order valence-electron chi connectivity index (χ2n) is 2.64. The first-order valence-electron chi connectivity index (χ1n) is 3.73. The molecule has 0 fully saturated rings. The van der Waals surface area contributed by atoms with Gasteiger partial charge in [0, 0.05) is 25.8 Å². The van der Waals surface area contributed by atoms with Crippen molar-refractivity contribution in [1.29, 1.82) is 0 Å². The van der Waals surface area contributed by atoms with Gasteiger partial charge in [0.2, 0.25) is 0 Å². The van der Waals surface area contributed by atoms with Crippen LogP contribution in [0.5, 0.6) is 0 Å². The van der Waals surface area contributed by atoms with Crippen LogP contribution in [0, 0.1) is 0 Å². The van der Waals surface area contributed by atoms with Gasteiger partial charge in [0.05, 0.1) is 4.70 Å². The van der Waals surface area contributed by atoms with Crippen molar-refractivity contribution in [1.82, 2.24) is 0 Å². The summed E-state index contributed by atoms with van der Waals surface area (Å²) in [6.07, 6.45) is 2.08. The highest BCUT2D eigenvalue weighted by molar-refractivity contribution is 9.10. The topological polar surface area (TPSA) is 26.0 Å². The molecule has 1 aromatic carbocycles. The SMILES string of the molecule is CSc1ccc(N)c2c(Br)csc12. The standard InChI is InChI=1S/C9H8BrNS2/c1-12-7-3-2-6(11)8-5(10)4-13-9(7)8/h2-4H,11H2,1H3. The normalized spacial score (nSPS) is 10.9. The molecule has 0 aliphatic carbocycles. The molecule has 1 aromatic heterocycles. The lowest BCUT2D eigenvalue weighted by molar-refractivity contribution is 1.59. The van der Waals surface area contributed by atoms with Crippen molar-refractivity contribution in [2.75, 3.05) is 12.0 Å². The zero-order valence-electron chi connectivity index (χ0n) is 7.00. The van der Waals surface area contributed by atoms with Gasteiger partial charge in [-0.2, -0.15) is 0 Å².